The second kappa shape index (κ2) is 17.0. The van der Waals surface area contributed by atoms with E-state index in [0.717, 1.165) is 57.7 Å². The molecule has 2 amide bonds. The zero-order valence-electron chi connectivity index (χ0n) is 33.6. The molecule has 0 radical (unpaired) electrons. The number of aromatic nitrogens is 4. The van der Waals surface area contributed by atoms with Gasteiger partial charge in [0.25, 0.3) is 0 Å². The Morgan fingerprint density at radius 2 is 1.09 bits per heavy atom. The Bertz CT molecular complexity index is 2090. The molecule has 2 N–H and O–H groups in total. The predicted octanol–water partition coefficient (Wildman–Crippen LogP) is 6.33. The summed E-state index contributed by atoms with van der Waals surface area (Å²) in [5, 5.41) is 0. The average Bonchev–Trinajstić information content (AvgIpc) is 3.97. The van der Waals surface area contributed by atoms with Crippen molar-refractivity contribution >= 4 is 45.8 Å². The van der Waals surface area contributed by atoms with Crippen LogP contribution in [-0.4, -0.2) is 80.8 Å². The number of amides is 2. The van der Waals surface area contributed by atoms with Gasteiger partial charge in [-0.15, -0.1) is 0 Å². The van der Waals surface area contributed by atoms with Crippen LogP contribution < -0.4 is 0 Å². The first kappa shape index (κ1) is 40.1. The fourth-order valence-corrected chi connectivity index (χ4v) is 8.00. The van der Waals surface area contributed by atoms with Crippen LogP contribution in [-0.2, 0) is 28.7 Å². The highest BCUT2D eigenvalue weighted by Crippen LogP contribution is 2.39. The Kier molecular flexibility index (Phi) is 12.2. The van der Waals surface area contributed by atoms with E-state index in [9.17, 15) is 19.2 Å². The number of H-pyrrole nitrogens is 2. The normalized spacial score (nSPS) is 20.5. The van der Waals surface area contributed by atoms with Gasteiger partial charge in [-0.05, 0) is 84.8 Å². The number of ether oxygens (including phenoxy) is 2. The summed E-state index contributed by atoms with van der Waals surface area (Å²) in [6.07, 6.45) is 1.66. The number of nitrogens with one attached hydrogen (secondary N) is 2. The van der Waals surface area contributed by atoms with Gasteiger partial charge in [-0.25, -0.2) is 9.97 Å². The molecular weight excluding hydrogens is 709 g/mol. The maximum atomic E-state index is 13.7. The number of hydrogen-bond donors (Lipinski definition) is 2. The van der Waals surface area contributed by atoms with Gasteiger partial charge < -0.3 is 29.2 Å². The van der Waals surface area contributed by atoms with Gasteiger partial charge in [0.2, 0.25) is 11.8 Å². The van der Waals surface area contributed by atoms with Crippen molar-refractivity contribution in [3.05, 3.63) is 59.2 Å². The van der Waals surface area contributed by atoms with E-state index in [0.29, 0.717) is 24.9 Å². The first-order valence-corrected chi connectivity index (χ1v) is 19.5. The summed E-state index contributed by atoms with van der Waals surface area (Å²) in [6, 6.07) is 11.1. The number of carbonyl (C=O) groups is 4. The molecule has 56 heavy (non-hydrogen) atoms. The molecule has 12 heteroatoms. The molecule has 2 fully saturated rings. The highest BCUT2D eigenvalue weighted by molar-refractivity contribution is 5.86. The molecule has 0 saturated carbocycles. The first-order valence-electron chi connectivity index (χ1n) is 19.5. The third kappa shape index (κ3) is 8.75. The highest BCUT2D eigenvalue weighted by atomic mass is 16.5. The lowest BCUT2D eigenvalue weighted by Gasteiger charge is -2.29. The van der Waals surface area contributed by atoms with E-state index in [1.807, 2.05) is 73.9 Å². The van der Waals surface area contributed by atoms with Gasteiger partial charge in [-0.3, -0.25) is 19.2 Å². The van der Waals surface area contributed by atoms with Crippen LogP contribution in [0.1, 0.15) is 102 Å². The number of rotatable bonds is 10. The number of benzene rings is 2. The number of likely N-dealkylation sites (tertiary alicyclic amines) is 2. The molecule has 294 valence electrons. The first-order chi connectivity index (χ1) is 26.8. The molecule has 12 nitrogen and oxygen atoms in total. The molecule has 6 rings (SSSR count). The van der Waals surface area contributed by atoms with E-state index >= 15 is 0 Å². The summed E-state index contributed by atoms with van der Waals surface area (Å²) in [5.41, 5.74) is 4.76. The minimum absolute atomic E-state index is 0.0142. The van der Waals surface area contributed by atoms with Crippen molar-refractivity contribution in [2.24, 2.45) is 35.5 Å². The number of nitrogens with zero attached hydrogens (tertiary/aromatic N) is 4. The SMILES string of the molecule is COC(=O)C[C@H](C(=O)N1C[C@@H](C)C[C@H]1c1nc2ccc(C#CC#Cc3ccc4nc([C@@H]5C[C@H](C)CN5C(=O)[C@@H](CC(=O)OC)C(C)C)[nH]c4c3)cc2[nH]1)C(C)C. The minimum Gasteiger partial charge on any atom is -0.469 e. The van der Waals surface area contributed by atoms with Crippen molar-refractivity contribution < 1.29 is 28.7 Å². The smallest absolute Gasteiger partial charge is 0.306 e. The monoisotopic (exact) mass is 760 g/mol. The van der Waals surface area contributed by atoms with Crippen LogP contribution in [0.2, 0.25) is 0 Å². The lowest BCUT2D eigenvalue weighted by Crippen LogP contribution is -2.39. The third-order valence-corrected chi connectivity index (χ3v) is 11.2. The third-order valence-electron chi connectivity index (χ3n) is 11.2. The Hall–Kier alpha value is -5.62. The summed E-state index contributed by atoms with van der Waals surface area (Å²) >= 11 is 0. The molecule has 0 aliphatic carbocycles. The molecule has 4 aromatic rings. The molecule has 2 aromatic carbocycles. The summed E-state index contributed by atoms with van der Waals surface area (Å²) in [7, 11) is 2.69. The number of aromatic amines is 2. The van der Waals surface area contributed by atoms with Crippen molar-refractivity contribution in [1.29, 1.82) is 0 Å². The predicted molar refractivity (Wildman–Crippen MR) is 212 cm³/mol. The Labute approximate surface area is 328 Å². The maximum Gasteiger partial charge on any atom is 0.306 e. The number of esters is 2. The lowest BCUT2D eigenvalue weighted by atomic mass is 9.91. The van der Waals surface area contributed by atoms with Crippen molar-refractivity contribution in [3.63, 3.8) is 0 Å². The summed E-state index contributed by atoms with van der Waals surface area (Å²) < 4.78 is 9.76. The number of fused-ring (bicyclic) bond motifs is 2. The van der Waals surface area contributed by atoms with E-state index in [4.69, 9.17) is 19.4 Å². The van der Waals surface area contributed by atoms with Crippen LogP contribution in [0.25, 0.3) is 22.1 Å². The van der Waals surface area contributed by atoms with Gasteiger partial charge >= 0.3 is 11.9 Å². The van der Waals surface area contributed by atoms with Crippen LogP contribution in [0.15, 0.2) is 36.4 Å². The minimum atomic E-state index is -0.463. The molecule has 2 aliphatic heterocycles. The average molecular weight is 761 g/mol. The van der Waals surface area contributed by atoms with E-state index in [1.54, 1.807) is 0 Å². The van der Waals surface area contributed by atoms with Gasteiger partial charge in [-0.2, -0.15) is 0 Å². The van der Waals surface area contributed by atoms with Crippen LogP contribution in [0, 0.1) is 59.2 Å². The summed E-state index contributed by atoms with van der Waals surface area (Å²) in [4.78, 5) is 72.0. The number of carbonyl (C=O) groups excluding carboxylic acids is 4. The lowest BCUT2D eigenvalue weighted by molar-refractivity contribution is -0.148. The zero-order valence-corrected chi connectivity index (χ0v) is 33.6. The molecule has 2 saturated heterocycles. The number of imidazole rings is 2. The summed E-state index contributed by atoms with van der Waals surface area (Å²) in [6.45, 7) is 13.3. The van der Waals surface area contributed by atoms with Crippen molar-refractivity contribution in [1.82, 2.24) is 29.7 Å². The van der Waals surface area contributed by atoms with Gasteiger partial charge in [-0.1, -0.05) is 53.4 Å². The van der Waals surface area contributed by atoms with Gasteiger partial charge in [0.15, 0.2) is 0 Å². The van der Waals surface area contributed by atoms with Crippen LogP contribution in [0.4, 0.5) is 0 Å². The van der Waals surface area contributed by atoms with E-state index in [2.05, 4.69) is 47.5 Å². The van der Waals surface area contributed by atoms with Crippen molar-refractivity contribution in [2.45, 2.75) is 79.3 Å². The number of hydrogen-bond acceptors (Lipinski definition) is 8. The van der Waals surface area contributed by atoms with Crippen LogP contribution in [0.5, 0.6) is 0 Å². The molecule has 0 unspecified atom stereocenters. The number of methoxy groups -OCH3 is 2. The topological polar surface area (TPSA) is 151 Å². The largest absolute Gasteiger partial charge is 0.469 e. The molecule has 0 bridgehead atoms. The van der Waals surface area contributed by atoms with Crippen LogP contribution in [0.3, 0.4) is 0 Å². The van der Waals surface area contributed by atoms with E-state index < -0.39 is 11.8 Å². The van der Waals surface area contributed by atoms with Crippen molar-refractivity contribution in [2.75, 3.05) is 27.3 Å². The van der Waals surface area contributed by atoms with Crippen LogP contribution >= 0.6 is 0 Å². The molecule has 2 aliphatic rings. The Morgan fingerprint density at radius 1 is 0.696 bits per heavy atom. The standard InChI is InChI=1S/C44H52N6O6/c1-25(2)31(21-39(51)55-7)43(53)49-23-27(5)17-37(49)41-45-33-15-13-29(19-35(33)47-41)11-9-10-12-30-14-16-34-36(20-30)48-42(46-34)38-18-28(6)24-50(38)44(54)32(26(3)4)22-40(52)56-8/h13-16,19-20,25-28,31-32,37-38H,17-18,21-24H2,1-8H3,(H,45,47)(H,46,48)/t27-,28-,31-,32-,37-,38-/m0/s1. The van der Waals surface area contributed by atoms with Crippen molar-refractivity contribution in [3.8, 4) is 23.7 Å². The fourth-order valence-electron chi connectivity index (χ4n) is 8.00. The zero-order chi connectivity index (χ0) is 40.3. The molecule has 4 heterocycles. The summed E-state index contributed by atoms with van der Waals surface area (Å²) in [5.74, 6) is 12.4. The van der Waals surface area contributed by atoms with E-state index in [-0.39, 0.29) is 60.5 Å². The van der Waals surface area contributed by atoms with E-state index in [1.165, 1.54) is 14.2 Å². The van der Waals surface area contributed by atoms with Gasteiger partial charge in [0, 0.05) is 24.2 Å². The molecule has 2 aromatic heterocycles. The molecular formula is C44H52N6O6. The van der Waals surface area contributed by atoms with Gasteiger partial charge in [0.05, 0.1) is 73.0 Å². The Morgan fingerprint density at radius 3 is 1.45 bits per heavy atom. The fraction of sp³-hybridized carbons (Fsp3) is 0.500. The second-order valence-electron chi connectivity index (χ2n) is 16.2. The molecule has 6 atom stereocenters. The quantitative estimate of drug-likeness (QED) is 0.141. The molecule has 0 spiro atoms. The Balaban J connectivity index is 1.16. The maximum absolute atomic E-state index is 13.7. The second-order valence-corrected chi connectivity index (χ2v) is 16.2. The highest BCUT2D eigenvalue weighted by Gasteiger charge is 2.41. The van der Waals surface area contributed by atoms with Gasteiger partial charge in [0.1, 0.15) is 11.6 Å².